The number of hydrogen-bond acceptors (Lipinski definition) is 5. The Morgan fingerprint density at radius 1 is 1.16 bits per heavy atom. The normalized spacial score (nSPS) is 13.0. The van der Waals surface area contributed by atoms with Crippen LogP contribution in [0, 0.1) is 0 Å². The van der Waals surface area contributed by atoms with E-state index in [-0.39, 0.29) is 18.3 Å². The van der Waals surface area contributed by atoms with Crippen molar-refractivity contribution >= 4 is 46.8 Å². The largest absolute Gasteiger partial charge is 0.399 e. The zero-order valence-corrected chi connectivity index (χ0v) is 14.1. The summed E-state index contributed by atoms with van der Waals surface area (Å²) in [6, 6.07) is 12.7. The van der Waals surface area contributed by atoms with Gasteiger partial charge in [-0.2, -0.15) is 0 Å². The molecule has 0 spiro atoms. The van der Waals surface area contributed by atoms with Crippen LogP contribution in [0.4, 0.5) is 11.6 Å². The lowest BCUT2D eigenvalue weighted by atomic mass is 10.1. The highest BCUT2D eigenvalue weighted by Gasteiger charge is 2.12. The number of carbonyl (C=O) groups excluding carboxylic acids is 1. The molecule has 1 amide bonds. The zero-order chi connectivity index (χ0) is 16.5. The number of carbonyl (C=O) groups is 1. The van der Waals surface area contributed by atoms with E-state index in [1.807, 2.05) is 12.1 Å². The molecule has 2 aromatic carbocycles. The fourth-order valence-electron chi connectivity index (χ4n) is 2.64. The van der Waals surface area contributed by atoms with Crippen molar-refractivity contribution in [2.45, 2.75) is 0 Å². The van der Waals surface area contributed by atoms with Crippen molar-refractivity contribution in [2.75, 3.05) is 24.1 Å². The summed E-state index contributed by atoms with van der Waals surface area (Å²) >= 11 is 0. The van der Waals surface area contributed by atoms with E-state index in [1.54, 1.807) is 30.3 Å². The van der Waals surface area contributed by atoms with Crippen molar-refractivity contribution in [1.29, 1.82) is 0 Å². The number of benzene rings is 2. The van der Waals surface area contributed by atoms with Gasteiger partial charge in [0.15, 0.2) is 0 Å². The molecule has 4 rings (SSSR count). The molecule has 0 atom stereocenters. The number of hydrogen-bond donors (Lipinski definition) is 4. The van der Waals surface area contributed by atoms with Crippen molar-refractivity contribution in [3.63, 3.8) is 0 Å². The van der Waals surface area contributed by atoms with E-state index in [9.17, 15) is 4.79 Å². The molecule has 0 bridgehead atoms. The highest BCUT2D eigenvalue weighted by Crippen LogP contribution is 2.17. The van der Waals surface area contributed by atoms with E-state index in [0.29, 0.717) is 17.2 Å². The van der Waals surface area contributed by atoms with Crippen LogP contribution in [-0.4, -0.2) is 34.8 Å². The van der Waals surface area contributed by atoms with Gasteiger partial charge in [0.05, 0.1) is 17.6 Å². The maximum absolute atomic E-state index is 12.3. The number of halogens is 1. The standard InChI is InChI=1S/C17H16N6O.ClH/c18-12-5-6-13-14(9-12)22-17(21-13)23-16(24)11-3-1-10(2-4-11)15-19-7-8-20-15;/h1-6,9H,7-8,18H2,(H,19,20)(H2,21,22,23,24);1H. The summed E-state index contributed by atoms with van der Waals surface area (Å²) in [4.78, 5) is 24.1. The van der Waals surface area contributed by atoms with Gasteiger partial charge >= 0.3 is 0 Å². The predicted octanol–water partition coefficient (Wildman–Crippen LogP) is 2.17. The summed E-state index contributed by atoms with van der Waals surface area (Å²) in [6.07, 6.45) is 0. The van der Waals surface area contributed by atoms with Crippen LogP contribution in [-0.2, 0) is 0 Å². The molecular formula is C17H17ClN6O. The molecule has 3 aromatic rings. The molecule has 25 heavy (non-hydrogen) atoms. The minimum absolute atomic E-state index is 0. The number of amides is 1. The lowest BCUT2D eigenvalue weighted by molar-refractivity contribution is 0.102. The Balaban J connectivity index is 0.00000182. The summed E-state index contributed by atoms with van der Waals surface area (Å²) in [5, 5.41) is 5.97. The van der Waals surface area contributed by atoms with Gasteiger partial charge in [-0.3, -0.25) is 15.1 Å². The summed E-state index contributed by atoms with van der Waals surface area (Å²) < 4.78 is 0. The maximum atomic E-state index is 12.3. The Morgan fingerprint density at radius 2 is 1.96 bits per heavy atom. The van der Waals surface area contributed by atoms with Crippen LogP contribution < -0.4 is 16.4 Å². The quantitative estimate of drug-likeness (QED) is 0.539. The fraction of sp³-hybridized carbons (Fsp3) is 0.118. The van der Waals surface area contributed by atoms with E-state index < -0.39 is 0 Å². The molecule has 128 valence electrons. The number of nitrogens with one attached hydrogen (secondary N) is 3. The highest BCUT2D eigenvalue weighted by atomic mass is 35.5. The minimum atomic E-state index is -0.227. The molecule has 7 nitrogen and oxygen atoms in total. The summed E-state index contributed by atoms with van der Waals surface area (Å²) in [7, 11) is 0. The SMILES string of the molecule is Cl.Nc1ccc2nc(NC(=O)c3ccc(C4=NCCN4)cc3)[nH]c2c1. The van der Waals surface area contributed by atoms with Crippen LogP contribution in [0.2, 0.25) is 0 Å². The van der Waals surface area contributed by atoms with Gasteiger partial charge in [0, 0.05) is 23.4 Å². The van der Waals surface area contributed by atoms with E-state index in [4.69, 9.17) is 5.73 Å². The first-order valence-corrected chi connectivity index (χ1v) is 7.64. The van der Waals surface area contributed by atoms with Crippen LogP contribution in [0.15, 0.2) is 47.5 Å². The Labute approximate surface area is 150 Å². The second kappa shape index (κ2) is 6.82. The fourth-order valence-corrected chi connectivity index (χ4v) is 2.64. The summed E-state index contributed by atoms with van der Waals surface area (Å²) in [5.41, 5.74) is 9.44. The molecule has 0 saturated heterocycles. The van der Waals surface area contributed by atoms with Gasteiger partial charge < -0.3 is 16.0 Å². The average molecular weight is 357 g/mol. The molecule has 0 fully saturated rings. The van der Waals surface area contributed by atoms with Crippen molar-refractivity contribution in [3.8, 4) is 0 Å². The van der Waals surface area contributed by atoms with Gasteiger partial charge in [0.1, 0.15) is 5.84 Å². The molecule has 5 N–H and O–H groups in total. The van der Waals surface area contributed by atoms with Gasteiger partial charge in [0.2, 0.25) is 5.95 Å². The Hall–Kier alpha value is -3.06. The number of amidine groups is 1. The third-order valence-corrected chi connectivity index (χ3v) is 3.83. The number of rotatable bonds is 3. The third-order valence-electron chi connectivity index (χ3n) is 3.83. The molecule has 0 aliphatic carbocycles. The Bertz CT molecular complexity index is 947. The van der Waals surface area contributed by atoms with E-state index >= 15 is 0 Å². The Morgan fingerprint density at radius 3 is 2.68 bits per heavy atom. The maximum Gasteiger partial charge on any atom is 0.257 e. The van der Waals surface area contributed by atoms with Crippen molar-refractivity contribution < 1.29 is 4.79 Å². The van der Waals surface area contributed by atoms with E-state index in [0.717, 1.165) is 35.5 Å². The Kier molecular flexibility index (Phi) is 4.58. The summed E-state index contributed by atoms with van der Waals surface area (Å²) in [6.45, 7) is 1.64. The monoisotopic (exact) mass is 356 g/mol. The number of anilines is 2. The molecule has 0 radical (unpaired) electrons. The highest BCUT2D eigenvalue weighted by molar-refractivity contribution is 6.05. The van der Waals surface area contributed by atoms with Crippen LogP contribution in [0.1, 0.15) is 15.9 Å². The number of H-pyrrole nitrogens is 1. The number of nitrogens with two attached hydrogens (primary N) is 1. The molecule has 1 aliphatic heterocycles. The predicted molar refractivity (Wildman–Crippen MR) is 102 cm³/mol. The van der Waals surface area contributed by atoms with Crippen molar-refractivity contribution in [2.24, 2.45) is 4.99 Å². The molecule has 0 saturated carbocycles. The molecule has 1 aliphatic rings. The van der Waals surface area contributed by atoms with E-state index in [2.05, 4.69) is 25.6 Å². The molecule has 0 unspecified atom stereocenters. The third kappa shape index (κ3) is 3.41. The number of nitrogen functional groups attached to an aromatic ring is 1. The molecule has 8 heteroatoms. The van der Waals surface area contributed by atoms with Gasteiger partial charge in [-0.25, -0.2) is 4.98 Å². The molecule has 1 aromatic heterocycles. The lowest BCUT2D eigenvalue weighted by Gasteiger charge is -2.05. The van der Waals surface area contributed by atoms with E-state index in [1.165, 1.54) is 0 Å². The average Bonchev–Trinajstić information content (AvgIpc) is 3.23. The molecule has 2 heterocycles. The first-order valence-electron chi connectivity index (χ1n) is 7.64. The number of imidazole rings is 1. The number of aromatic amines is 1. The van der Waals surface area contributed by atoms with Gasteiger partial charge in [-0.15, -0.1) is 12.4 Å². The smallest absolute Gasteiger partial charge is 0.257 e. The van der Waals surface area contributed by atoms with Crippen LogP contribution in [0.25, 0.3) is 11.0 Å². The lowest BCUT2D eigenvalue weighted by Crippen LogP contribution is -2.19. The number of aliphatic imine (C=N–C) groups is 1. The first-order chi connectivity index (χ1) is 11.7. The summed E-state index contributed by atoms with van der Waals surface area (Å²) in [5.74, 6) is 1.04. The minimum Gasteiger partial charge on any atom is -0.399 e. The number of nitrogens with zero attached hydrogens (tertiary/aromatic N) is 2. The van der Waals surface area contributed by atoms with Crippen LogP contribution >= 0.6 is 12.4 Å². The van der Waals surface area contributed by atoms with Gasteiger partial charge in [-0.1, -0.05) is 12.1 Å². The topological polar surface area (TPSA) is 108 Å². The number of aromatic nitrogens is 2. The zero-order valence-electron chi connectivity index (χ0n) is 13.2. The first kappa shape index (κ1) is 16.8. The number of fused-ring (bicyclic) bond motifs is 1. The molecular weight excluding hydrogens is 340 g/mol. The van der Waals surface area contributed by atoms with Gasteiger partial charge in [-0.05, 0) is 30.3 Å². The van der Waals surface area contributed by atoms with Crippen LogP contribution in [0.3, 0.4) is 0 Å². The van der Waals surface area contributed by atoms with Gasteiger partial charge in [0.25, 0.3) is 5.91 Å². The van der Waals surface area contributed by atoms with Crippen molar-refractivity contribution in [3.05, 3.63) is 53.6 Å². The second-order valence-corrected chi connectivity index (χ2v) is 5.55. The van der Waals surface area contributed by atoms with Crippen molar-refractivity contribution in [1.82, 2.24) is 15.3 Å². The van der Waals surface area contributed by atoms with Crippen LogP contribution in [0.5, 0.6) is 0 Å². The second-order valence-electron chi connectivity index (χ2n) is 5.55.